The predicted molar refractivity (Wildman–Crippen MR) is 82.2 cm³/mol. The summed E-state index contributed by atoms with van der Waals surface area (Å²) in [5.41, 5.74) is 1.51. The zero-order valence-corrected chi connectivity index (χ0v) is 12.1. The first kappa shape index (κ1) is 13.6. The number of pyridine rings is 1. The minimum absolute atomic E-state index is 0.138. The van der Waals surface area contributed by atoms with E-state index in [0.29, 0.717) is 11.0 Å². The van der Waals surface area contributed by atoms with Crippen LogP contribution in [0.4, 0.5) is 5.82 Å². The zero-order valence-electron chi connectivity index (χ0n) is 11.3. The maximum absolute atomic E-state index is 12.1. The van der Waals surface area contributed by atoms with Crippen LogP contribution in [0.3, 0.4) is 0 Å². The van der Waals surface area contributed by atoms with Crippen LogP contribution >= 0.6 is 11.8 Å². The molecule has 2 aromatic heterocycles. The van der Waals surface area contributed by atoms with Crippen molar-refractivity contribution in [3.8, 4) is 0 Å². The molecule has 106 valence electrons. The lowest BCUT2D eigenvalue weighted by Crippen LogP contribution is -2.22. The number of amides is 1. The molecular weight excluding hydrogens is 286 g/mol. The van der Waals surface area contributed by atoms with Gasteiger partial charge in [0.05, 0.1) is 5.25 Å². The Morgan fingerprint density at radius 1 is 1.24 bits per heavy atom. The van der Waals surface area contributed by atoms with Gasteiger partial charge in [-0.2, -0.15) is 0 Å². The van der Waals surface area contributed by atoms with E-state index in [1.807, 2.05) is 30.3 Å². The molecule has 0 radical (unpaired) electrons. The highest BCUT2D eigenvalue weighted by Crippen LogP contribution is 2.27. The van der Waals surface area contributed by atoms with E-state index in [2.05, 4.69) is 15.3 Å². The molecule has 1 N–H and O–H groups in total. The zero-order chi connectivity index (χ0) is 14.7. The number of oxazole rings is 1. The van der Waals surface area contributed by atoms with Gasteiger partial charge in [-0.3, -0.25) is 4.79 Å². The number of nitrogens with one attached hydrogen (secondary N) is 1. The van der Waals surface area contributed by atoms with Crippen molar-refractivity contribution >= 4 is 34.6 Å². The van der Waals surface area contributed by atoms with Crippen LogP contribution in [0.2, 0.25) is 0 Å². The molecule has 3 aromatic rings. The second-order valence-corrected chi connectivity index (χ2v) is 5.70. The highest BCUT2D eigenvalue weighted by molar-refractivity contribution is 8.00. The van der Waals surface area contributed by atoms with Crippen LogP contribution in [-0.2, 0) is 4.79 Å². The van der Waals surface area contributed by atoms with Crippen LogP contribution in [0.15, 0.2) is 58.3 Å². The maximum Gasteiger partial charge on any atom is 0.257 e. The first-order chi connectivity index (χ1) is 10.2. The topological polar surface area (TPSA) is 68.0 Å². The Kier molecular flexibility index (Phi) is 3.87. The Bertz CT molecular complexity index is 725. The molecule has 0 bridgehead atoms. The summed E-state index contributed by atoms with van der Waals surface area (Å²) in [6.07, 6.45) is 1.63. The number of thioether (sulfide) groups is 1. The number of hydrogen-bond acceptors (Lipinski definition) is 5. The lowest BCUT2D eigenvalue weighted by atomic mass is 10.3. The van der Waals surface area contributed by atoms with Gasteiger partial charge in [-0.15, -0.1) is 0 Å². The third-order valence-electron chi connectivity index (χ3n) is 2.84. The van der Waals surface area contributed by atoms with E-state index in [0.717, 1.165) is 11.1 Å². The van der Waals surface area contributed by atoms with E-state index in [4.69, 9.17) is 4.42 Å². The smallest absolute Gasteiger partial charge is 0.257 e. The third kappa shape index (κ3) is 3.22. The van der Waals surface area contributed by atoms with Gasteiger partial charge in [0.25, 0.3) is 5.22 Å². The number of aromatic nitrogens is 2. The van der Waals surface area contributed by atoms with Gasteiger partial charge in [-0.25, -0.2) is 9.97 Å². The molecular formula is C15H13N3O2S. The Morgan fingerprint density at radius 2 is 2.05 bits per heavy atom. The second-order valence-electron chi connectivity index (χ2n) is 4.41. The molecule has 0 aliphatic heterocycles. The van der Waals surface area contributed by atoms with E-state index >= 15 is 0 Å². The third-order valence-corrected chi connectivity index (χ3v) is 3.78. The SMILES string of the molecule is CC(Sc1nc2ccccc2o1)C(=O)Nc1ccccn1. The van der Waals surface area contributed by atoms with Crippen molar-refractivity contribution in [2.45, 2.75) is 17.4 Å². The average Bonchev–Trinajstić information content (AvgIpc) is 2.90. The van der Waals surface area contributed by atoms with E-state index in [1.165, 1.54) is 11.8 Å². The van der Waals surface area contributed by atoms with Crippen LogP contribution in [0.5, 0.6) is 0 Å². The Balaban J connectivity index is 1.67. The minimum atomic E-state index is -0.333. The lowest BCUT2D eigenvalue weighted by Gasteiger charge is -2.08. The van der Waals surface area contributed by atoms with Crippen LogP contribution in [-0.4, -0.2) is 21.1 Å². The van der Waals surface area contributed by atoms with Crippen LogP contribution in [0.1, 0.15) is 6.92 Å². The molecule has 6 heteroatoms. The summed E-state index contributed by atoms with van der Waals surface area (Å²) in [4.78, 5) is 20.5. The number of carbonyl (C=O) groups excluding carboxylic acids is 1. The predicted octanol–water partition coefficient (Wildman–Crippen LogP) is 3.34. The van der Waals surface area contributed by atoms with Gasteiger partial charge < -0.3 is 9.73 Å². The van der Waals surface area contributed by atoms with Gasteiger partial charge in [0, 0.05) is 6.20 Å². The van der Waals surface area contributed by atoms with Gasteiger partial charge in [-0.05, 0) is 31.2 Å². The standard InChI is InChI=1S/C15H13N3O2S/c1-10(14(19)18-13-8-4-5-9-16-13)21-15-17-11-6-2-3-7-12(11)20-15/h2-10H,1H3,(H,16,18,19). The first-order valence-corrected chi connectivity index (χ1v) is 7.34. The highest BCUT2D eigenvalue weighted by Gasteiger charge is 2.18. The largest absolute Gasteiger partial charge is 0.431 e. The Morgan fingerprint density at radius 3 is 2.81 bits per heavy atom. The molecule has 5 nitrogen and oxygen atoms in total. The monoisotopic (exact) mass is 299 g/mol. The van der Waals surface area contributed by atoms with Crippen molar-refractivity contribution in [1.29, 1.82) is 0 Å². The van der Waals surface area contributed by atoms with Gasteiger partial charge in [-0.1, -0.05) is 30.0 Å². The lowest BCUT2D eigenvalue weighted by molar-refractivity contribution is -0.115. The van der Waals surface area contributed by atoms with Crippen molar-refractivity contribution in [3.05, 3.63) is 48.7 Å². The summed E-state index contributed by atoms with van der Waals surface area (Å²) in [7, 11) is 0. The van der Waals surface area contributed by atoms with Gasteiger partial charge >= 0.3 is 0 Å². The number of nitrogens with zero attached hydrogens (tertiary/aromatic N) is 2. The summed E-state index contributed by atoms with van der Waals surface area (Å²) in [6, 6.07) is 12.9. The molecule has 0 fully saturated rings. The molecule has 1 atom stereocenters. The molecule has 1 aromatic carbocycles. The fraction of sp³-hybridized carbons (Fsp3) is 0.133. The number of anilines is 1. The molecule has 21 heavy (non-hydrogen) atoms. The van der Waals surface area contributed by atoms with Crippen molar-refractivity contribution < 1.29 is 9.21 Å². The number of fused-ring (bicyclic) bond motifs is 1. The van der Waals surface area contributed by atoms with Crippen LogP contribution in [0, 0.1) is 0 Å². The number of benzene rings is 1. The average molecular weight is 299 g/mol. The molecule has 0 saturated heterocycles. The molecule has 0 aliphatic rings. The van der Waals surface area contributed by atoms with Crippen LogP contribution in [0.25, 0.3) is 11.1 Å². The fourth-order valence-electron chi connectivity index (χ4n) is 1.77. The van der Waals surface area contributed by atoms with E-state index < -0.39 is 0 Å². The number of hydrogen-bond donors (Lipinski definition) is 1. The Hall–Kier alpha value is -2.34. The van der Waals surface area contributed by atoms with Crippen molar-refractivity contribution in [1.82, 2.24) is 9.97 Å². The summed E-state index contributed by atoms with van der Waals surface area (Å²) < 4.78 is 5.60. The quantitative estimate of drug-likeness (QED) is 0.748. The second kappa shape index (κ2) is 5.97. The van der Waals surface area contributed by atoms with Gasteiger partial charge in [0.15, 0.2) is 5.58 Å². The molecule has 1 amide bonds. The number of rotatable bonds is 4. The molecule has 2 heterocycles. The number of carbonyl (C=O) groups is 1. The minimum Gasteiger partial charge on any atom is -0.431 e. The normalized spacial score (nSPS) is 12.2. The fourth-order valence-corrected chi connectivity index (χ4v) is 2.53. The first-order valence-electron chi connectivity index (χ1n) is 6.46. The molecule has 1 unspecified atom stereocenters. The Labute approximate surface area is 125 Å². The van der Waals surface area contributed by atoms with Gasteiger partial charge in [0.1, 0.15) is 11.3 Å². The molecule has 0 aliphatic carbocycles. The van der Waals surface area contributed by atoms with Crippen molar-refractivity contribution in [2.75, 3.05) is 5.32 Å². The van der Waals surface area contributed by atoms with E-state index in [9.17, 15) is 4.79 Å². The summed E-state index contributed by atoms with van der Waals surface area (Å²) in [6.45, 7) is 1.80. The number of para-hydroxylation sites is 2. The highest BCUT2D eigenvalue weighted by atomic mass is 32.2. The van der Waals surface area contributed by atoms with E-state index in [1.54, 1.807) is 25.3 Å². The summed E-state index contributed by atoms with van der Waals surface area (Å²) in [5, 5.41) is 2.91. The van der Waals surface area contributed by atoms with Crippen molar-refractivity contribution in [3.63, 3.8) is 0 Å². The maximum atomic E-state index is 12.1. The molecule has 0 spiro atoms. The van der Waals surface area contributed by atoms with Crippen LogP contribution < -0.4 is 5.32 Å². The molecule has 0 saturated carbocycles. The summed E-state index contributed by atoms with van der Waals surface area (Å²) >= 11 is 1.28. The van der Waals surface area contributed by atoms with Gasteiger partial charge in [0.2, 0.25) is 5.91 Å². The van der Waals surface area contributed by atoms with E-state index in [-0.39, 0.29) is 11.2 Å². The summed E-state index contributed by atoms with van der Waals surface area (Å²) in [5.74, 6) is 0.397. The van der Waals surface area contributed by atoms with Crippen molar-refractivity contribution in [2.24, 2.45) is 0 Å². The molecule has 3 rings (SSSR count).